The number of pyridine rings is 2. The van der Waals surface area contributed by atoms with Gasteiger partial charge in [-0.3, -0.25) is 33.8 Å². The number of rotatable bonds is 32. The van der Waals surface area contributed by atoms with E-state index in [9.17, 15) is 71.5 Å². The summed E-state index contributed by atoms with van der Waals surface area (Å²) in [6.07, 6.45) is 20.6. The summed E-state index contributed by atoms with van der Waals surface area (Å²) in [6.45, 7) is 20.2. The number of amides is 5. The van der Waals surface area contributed by atoms with Crippen molar-refractivity contribution in [3.05, 3.63) is 326 Å². The van der Waals surface area contributed by atoms with Crippen LogP contribution in [-0.2, 0) is 65.0 Å². The molecule has 143 heavy (non-hydrogen) atoms. The number of hydrogen-bond acceptors (Lipinski definition) is 18. The summed E-state index contributed by atoms with van der Waals surface area (Å²) in [5.41, 5.74) is 13.7. The third-order valence-corrected chi connectivity index (χ3v) is 26.9. The minimum atomic E-state index is -3.38. The zero-order valence-corrected chi connectivity index (χ0v) is 83.0. The lowest BCUT2D eigenvalue weighted by Crippen LogP contribution is -2.38. The Balaban J connectivity index is 0.000000172. The van der Waals surface area contributed by atoms with Gasteiger partial charge in [0.1, 0.15) is 98.1 Å². The third-order valence-electron chi connectivity index (χ3n) is 23.8. The zero-order chi connectivity index (χ0) is 103. The lowest BCUT2D eigenvalue weighted by Gasteiger charge is -2.28. The van der Waals surface area contributed by atoms with Gasteiger partial charge in [-0.05, 0) is 313 Å². The van der Waals surface area contributed by atoms with Gasteiger partial charge in [0, 0.05) is 105 Å². The van der Waals surface area contributed by atoms with Gasteiger partial charge in [0.15, 0.2) is 0 Å². The van der Waals surface area contributed by atoms with Gasteiger partial charge in [-0.1, -0.05) is 67.5 Å². The van der Waals surface area contributed by atoms with Gasteiger partial charge in [0.25, 0.3) is 29.5 Å². The molecular weight excluding hydrogens is 1890 g/mol. The van der Waals surface area contributed by atoms with Crippen LogP contribution < -0.4 is 52.4 Å². The summed E-state index contributed by atoms with van der Waals surface area (Å²) in [5.74, 6) is 5.27. The van der Waals surface area contributed by atoms with E-state index in [1.165, 1.54) is 12.1 Å². The van der Waals surface area contributed by atoms with Crippen molar-refractivity contribution in [2.45, 2.75) is 161 Å². The molecule has 7 aliphatic rings. The van der Waals surface area contributed by atoms with Crippen molar-refractivity contribution in [3.8, 4) is 40.2 Å². The standard InChI is InChI=1S/2C19H19FN2O2.C17H22FNO2.2C14H14FNO2.2C13H16FNO3S/c2*1-2-14(12-20)13-24-16-6-7-17-15(11-16)8-10-22(19(17)23)18-5-3-4-9-21-18;1-3-8-19-9-7-14-10-15(5-6-16(14)17(19)20)21-12-13(4-2)11-18;2*1-2-10(8-15)9-18-12-3-4-13-11(7-12)5-6-16-14(13)17;2*1-2-10(8-14)9-18-12-3-4-13-11(7-12)5-6-15-19(13,16)17/h2*3-7,9,11-12H,2,8,10,13H2,1H3;5-6,10-11H,3-4,7-9,12H2,1-2H3;2*3-4,6-8H,2,5,9H2,1H3;2*3-4,7-8,15H,2,5-6,9H2,1H3/b14-12+;14-12-;13-11-;10-8+;10-8-;10-8+;10-8-. The molecule has 0 spiro atoms. The molecule has 9 aromatic rings. The molecule has 25 nitrogen and oxygen atoms in total. The highest BCUT2D eigenvalue weighted by atomic mass is 32.2. The van der Waals surface area contributed by atoms with Gasteiger partial charge < -0.3 is 38.1 Å². The second-order valence-corrected chi connectivity index (χ2v) is 36.7. The number of sulfonamides is 2. The first kappa shape index (κ1) is 111. The molecule has 34 heteroatoms. The first-order chi connectivity index (χ1) is 69.2. The second kappa shape index (κ2) is 56.6. The van der Waals surface area contributed by atoms with Crippen molar-refractivity contribution >= 4 is 73.6 Å². The summed E-state index contributed by atoms with van der Waals surface area (Å²) in [7, 11) is -6.75. The van der Waals surface area contributed by atoms with Gasteiger partial charge >= 0.3 is 0 Å². The molecule has 7 aliphatic heterocycles. The maximum atomic E-state index is 12.7. The molecule has 0 bridgehead atoms. The first-order valence-corrected chi connectivity index (χ1v) is 50.4. The van der Waals surface area contributed by atoms with Gasteiger partial charge in [-0.25, -0.2) is 77.0 Å². The van der Waals surface area contributed by atoms with Gasteiger partial charge in [-0.2, -0.15) is 0 Å². The minimum absolute atomic E-state index is 0.0561. The number of carbonyl (C=O) groups is 5. The fourth-order valence-electron chi connectivity index (χ4n) is 15.0. The summed E-state index contributed by atoms with van der Waals surface area (Å²) < 4.78 is 178. The SMILES string of the molecule is CC/C(=C/F)COc1ccc2c(c1)CC=NC2=O.CC/C(=C/F)COc1ccc2c(c1)CCN(c1ccccn1)C2=O.CC/C(=C/F)COc1ccc2c(c1)CCNS2(=O)=O.CC/C(=C\F)COc1ccc2c(c1)CC=NC2=O.CC/C(=C\F)COc1ccc2c(c1)CCN(c1ccccn1)C2=O.CC/C(=C\F)COc1ccc2c(c1)CCNS2(=O)=O.CCCN1CCc2cc(OC/C(=C\F)CC)ccc2C1=O. The Morgan fingerprint density at radius 2 is 0.601 bits per heavy atom. The first-order valence-electron chi connectivity index (χ1n) is 47.4. The van der Waals surface area contributed by atoms with Crippen LogP contribution in [0.1, 0.15) is 197 Å². The Bertz CT molecular complexity index is 6100. The predicted octanol–water partition coefficient (Wildman–Crippen LogP) is 22.1. The Morgan fingerprint density at radius 3 is 0.881 bits per heavy atom. The molecular formula is C109H120F7N9O16S2. The summed E-state index contributed by atoms with van der Waals surface area (Å²) in [4.78, 5) is 82.4. The molecule has 0 unspecified atom stereocenters. The Kier molecular flexibility index (Phi) is 44.0. The molecule has 0 saturated heterocycles. The van der Waals surface area contributed by atoms with Crippen molar-refractivity contribution < 1.29 is 105 Å². The highest BCUT2D eigenvalue weighted by molar-refractivity contribution is 7.90. The smallest absolute Gasteiger partial charge is 0.276 e. The number of aromatic nitrogens is 2. The molecule has 0 aliphatic carbocycles. The van der Waals surface area contributed by atoms with E-state index in [4.69, 9.17) is 33.2 Å². The average molecular weight is 2010 g/mol. The summed E-state index contributed by atoms with van der Waals surface area (Å²) in [6, 6.07) is 47.4. The monoisotopic (exact) mass is 2010 g/mol. The number of carbonyl (C=O) groups excluding carboxylic acids is 5. The van der Waals surface area contributed by atoms with Crippen LogP contribution in [0.15, 0.2) is 279 Å². The number of nitrogens with zero attached hydrogens (tertiary/aromatic N) is 7. The van der Waals surface area contributed by atoms with Crippen LogP contribution >= 0.6 is 0 Å². The quantitative estimate of drug-likeness (QED) is 0.0370. The summed E-state index contributed by atoms with van der Waals surface area (Å²) >= 11 is 0. The van der Waals surface area contributed by atoms with Crippen LogP contribution in [-0.4, -0.2) is 159 Å². The highest BCUT2D eigenvalue weighted by Crippen LogP contribution is 2.34. The molecule has 5 amide bonds. The van der Waals surface area contributed by atoms with Gasteiger partial charge in [0.2, 0.25) is 20.0 Å². The third kappa shape index (κ3) is 32.0. The van der Waals surface area contributed by atoms with E-state index >= 15 is 0 Å². The van der Waals surface area contributed by atoms with E-state index in [-0.39, 0.29) is 75.8 Å². The maximum Gasteiger partial charge on any atom is 0.276 e. The summed E-state index contributed by atoms with van der Waals surface area (Å²) in [5, 5.41) is 0. The highest BCUT2D eigenvalue weighted by Gasteiger charge is 2.31. The van der Waals surface area contributed by atoms with Crippen molar-refractivity contribution in [1.29, 1.82) is 0 Å². The lowest BCUT2D eigenvalue weighted by atomic mass is 9.98. The molecule has 0 saturated carbocycles. The minimum Gasteiger partial charge on any atom is -0.489 e. The largest absolute Gasteiger partial charge is 0.489 e. The van der Waals surface area contributed by atoms with Crippen LogP contribution in [0.3, 0.4) is 0 Å². The maximum absolute atomic E-state index is 12.7. The normalized spacial score (nSPS) is 15.5. The van der Waals surface area contributed by atoms with Crippen LogP contribution in [0.25, 0.3) is 0 Å². The number of nitrogens with one attached hydrogen (secondary N) is 2. The molecule has 758 valence electrons. The number of aliphatic imine (C=N–C) groups is 2. The van der Waals surface area contributed by atoms with Crippen molar-refractivity contribution in [1.82, 2.24) is 24.3 Å². The van der Waals surface area contributed by atoms with E-state index in [1.807, 2.05) is 126 Å². The molecule has 2 aromatic heterocycles. The number of halogens is 7. The van der Waals surface area contributed by atoms with Crippen molar-refractivity contribution in [2.75, 3.05) is 95.3 Å². The topological polar surface area (TPSA) is 303 Å². The van der Waals surface area contributed by atoms with E-state index in [1.54, 1.807) is 113 Å². The Labute approximate surface area is 831 Å². The molecule has 16 rings (SSSR count). The van der Waals surface area contributed by atoms with E-state index < -0.39 is 20.0 Å². The van der Waals surface area contributed by atoms with Crippen LogP contribution in [0, 0.1) is 0 Å². The van der Waals surface area contributed by atoms with Crippen molar-refractivity contribution in [2.24, 2.45) is 9.98 Å². The second-order valence-electron chi connectivity index (χ2n) is 33.3. The van der Waals surface area contributed by atoms with Crippen LogP contribution in [0.4, 0.5) is 42.4 Å². The molecule has 0 fully saturated rings. The van der Waals surface area contributed by atoms with Crippen LogP contribution in [0.2, 0.25) is 0 Å². The lowest BCUT2D eigenvalue weighted by molar-refractivity contribution is 0.0738. The molecule has 0 radical (unpaired) electrons. The van der Waals surface area contributed by atoms with E-state index in [0.29, 0.717) is 264 Å². The predicted molar refractivity (Wildman–Crippen MR) is 540 cm³/mol. The number of ether oxygens (including phenoxy) is 7. The van der Waals surface area contributed by atoms with Gasteiger partial charge in [0.05, 0.1) is 54.1 Å². The molecule has 2 N–H and O–H groups in total. The zero-order valence-electron chi connectivity index (χ0n) is 81.4. The van der Waals surface area contributed by atoms with Crippen LogP contribution in [0.5, 0.6) is 40.2 Å². The number of fused-ring (bicyclic) bond motifs is 7. The number of benzene rings is 7. The molecule has 0 atom stereocenters. The number of anilines is 2. The van der Waals surface area contributed by atoms with E-state index in [2.05, 4.69) is 36.3 Å². The number of hydrogen-bond donors (Lipinski definition) is 2. The Morgan fingerprint density at radius 1 is 0.329 bits per heavy atom. The van der Waals surface area contributed by atoms with E-state index in [0.717, 1.165) is 83.3 Å². The van der Waals surface area contributed by atoms with Gasteiger partial charge in [-0.15, -0.1) is 0 Å². The average Bonchev–Trinajstić information content (AvgIpc) is 0.824. The molecule has 7 aromatic carbocycles. The Hall–Kier alpha value is -14.0. The molecule has 9 heterocycles. The van der Waals surface area contributed by atoms with Crippen molar-refractivity contribution in [3.63, 3.8) is 0 Å². The fourth-order valence-corrected chi connectivity index (χ4v) is 17.6. The fraction of sp³-hybridized carbons (Fsp3) is 0.330.